The third kappa shape index (κ3) is 3.68. The molecule has 0 atom stereocenters. The van der Waals surface area contributed by atoms with E-state index in [1.165, 1.54) is 11.3 Å². The lowest BCUT2D eigenvalue weighted by Crippen LogP contribution is -2.42. The molecule has 5 rings (SSSR count). The van der Waals surface area contributed by atoms with Crippen molar-refractivity contribution in [1.29, 1.82) is 0 Å². The van der Waals surface area contributed by atoms with Crippen molar-refractivity contribution in [1.82, 2.24) is 14.3 Å². The van der Waals surface area contributed by atoms with E-state index in [9.17, 15) is 9.59 Å². The van der Waals surface area contributed by atoms with Crippen LogP contribution in [0.15, 0.2) is 41.2 Å². The topological polar surface area (TPSA) is 73.1 Å². The van der Waals surface area contributed by atoms with E-state index in [4.69, 9.17) is 9.47 Å². The van der Waals surface area contributed by atoms with Gasteiger partial charge in [-0.1, -0.05) is 23.5 Å². The third-order valence-corrected chi connectivity index (χ3v) is 6.48. The van der Waals surface area contributed by atoms with Crippen LogP contribution < -0.4 is 14.8 Å². The first-order valence-corrected chi connectivity index (χ1v) is 10.9. The Balaban J connectivity index is 1.42. The van der Waals surface area contributed by atoms with Crippen molar-refractivity contribution in [3.8, 4) is 5.75 Å². The average molecular weight is 436 g/mol. The lowest BCUT2D eigenvalue weighted by molar-refractivity contribution is 0.0416. The van der Waals surface area contributed by atoms with Gasteiger partial charge in [-0.25, -0.2) is 14.2 Å². The maximum atomic E-state index is 13.0. The number of morpholine rings is 1. The van der Waals surface area contributed by atoms with Crippen molar-refractivity contribution in [2.45, 2.75) is 13.8 Å². The van der Waals surface area contributed by atoms with Crippen molar-refractivity contribution in [3.05, 3.63) is 68.0 Å². The molecule has 8 heteroatoms. The maximum absolute atomic E-state index is 13.0. The van der Waals surface area contributed by atoms with Crippen LogP contribution in [0.2, 0.25) is 0 Å². The predicted molar refractivity (Wildman–Crippen MR) is 120 cm³/mol. The average Bonchev–Trinajstić information content (AvgIpc) is 3.26. The highest BCUT2D eigenvalue weighted by Crippen LogP contribution is 2.21. The second-order valence-corrected chi connectivity index (χ2v) is 8.62. The fourth-order valence-corrected chi connectivity index (χ4v) is 4.60. The van der Waals surface area contributed by atoms with E-state index in [0.29, 0.717) is 41.5 Å². The standard InChI is InChI=1S/C23H21N3O4S/c1-14-11-18-19(12-15(14)2)26-21(27)20(31-22(26)24-18)13-16-3-5-17(6-4-16)30-23(28)25-7-9-29-10-8-25/h3-6,11-13H,7-10H2,1-2H3/b20-13-. The van der Waals surface area contributed by atoms with E-state index in [-0.39, 0.29) is 11.7 Å². The molecular formula is C23H21N3O4S. The molecule has 0 unspecified atom stereocenters. The molecule has 0 saturated carbocycles. The number of benzene rings is 2. The molecule has 2 aromatic heterocycles. The van der Waals surface area contributed by atoms with Gasteiger partial charge in [0, 0.05) is 13.1 Å². The minimum absolute atomic E-state index is 0.0754. The summed E-state index contributed by atoms with van der Waals surface area (Å²) in [6.07, 6.45) is 1.46. The number of ether oxygens (including phenoxy) is 2. The normalized spacial score (nSPS) is 15.2. The number of nitrogens with zero attached hydrogens (tertiary/aromatic N) is 3. The Labute approximate surface area is 182 Å². The molecule has 1 fully saturated rings. The van der Waals surface area contributed by atoms with Gasteiger partial charge in [0.2, 0.25) is 0 Å². The second-order valence-electron chi connectivity index (χ2n) is 7.61. The Morgan fingerprint density at radius 3 is 2.58 bits per heavy atom. The van der Waals surface area contributed by atoms with Gasteiger partial charge < -0.3 is 14.4 Å². The number of hydrogen-bond donors (Lipinski definition) is 0. The summed E-state index contributed by atoms with van der Waals surface area (Å²) in [6, 6.07) is 11.2. The van der Waals surface area contributed by atoms with Crippen LogP contribution in [0.5, 0.6) is 5.75 Å². The first-order chi connectivity index (χ1) is 15.0. The van der Waals surface area contributed by atoms with Crippen LogP contribution in [0.4, 0.5) is 4.79 Å². The highest BCUT2D eigenvalue weighted by molar-refractivity contribution is 7.15. The molecule has 3 heterocycles. The summed E-state index contributed by atoms with van der Waals surface area (Å²) in [5, 5.41) is 0. The number of aromatic nitrogens is 2. The van der Waals surface area contributed by atoms with Gasteiger partial charge in [-0.2, -0.15) is 0 Å². The van der Waals surface area contributed by atoms with E-state index in [2.05, 4.69) is 4.98 Å². The number of hydrogen-bond acceptors (Lipinski definition) is 6. The summed E-state index contributed by atoms with van der Waals surface area (Å²) < 4.78 is 13.0. The monoisotopic (exact) mass is 435 g/mol. The number of carbonyl (C=O) groups is 1. The molecule has 1 saturated heterocycles. The fourth-order valence-electron chi connectivity index (χ4n) is 3.61. The Morgan fingerprint density at radius 2 is 1.84 bits per heavy atom. The van der Waals surface area contributed by atoms with Crippen molar-refractivity contribution in [2.75, 3.05) is 26.3 Å². The van der Waals surface area contributed by atoms with Crippen molar-refractivity contribution in [3.63, 3.8) is 0 Å². The zero-order chi connectivity index (χ0) is 21.5. The van der Waals surface area contributed by atoms with Crippen LogP contribution in [-0.4, -0.2) is 46.7 Å². The Morgan fingerprint density at radius 1 is 1.13 bits per heavy atom. The van der Waals surface area contributed by atoms with Crippen LogP contribution in [0.25, 0.3) is 22.1 Å². The van der Waals surface area contributed by atoms with Gasteiger partial charge in [0.05, 0.1) is 28.8 Å². The minimum atomic E-state index is -0.376. The molecule has 1 aliphatic heterocycles. The van der Waals surface area contributed by atoms with Crippen LogP contribution in [0.3, 0.4) is 0 Å². The summed E-state index contributed by atoms with van der Waals surface area (Å²) >= 11 is 1.37. The van der Waals surface area contributed by atoms with Gasteiger partial charge in [-0.3, -0.25) is 4.79 Å². The van der Waals surface area contributed by atoms with Crippen LogP contribution in [0, 0.1) is 13.8 Å². The summed E-state index contributed by atoms with van der Waals surface area (Å²) in [5.74, 6) is 0.466. The van der Waals surface area contributed by atoms with Crippen LogP contribution in [-0.2, 0) is 4.74 Å². The molecule has 158 valence electrons. The zero-order valence-corrected chi connectivity index (χ0v) is 18.1. The SMILES string of the molecule is Cc1cc2nc3s/c(=C\c4ccc(OC(=O)N5CCOCC5)cc4)c(=O)n3c2cc1C. The highest BCUT2D eigenvalue weighted by Gasteiger charge is 2.18. The quantitative estimate of drug-likeness (QED) is 0.484. The van der Waals surface area contributed by atoms with Crippen molar-refractivity contribution >= 4 is 39.5 Å². The Bertz CT molecular complexity index is 1400. The fraction of sp³-hybridized carbons (Fsp3) is 0.261. The van der Waals surface area contributed by atoms with E-state index < -0.39 is 0 Å². The largest absolute Gasteiger partial charge is 0.415 e. The number of fused-ring (bicyclic) bond motifs is 3. The second kappa shape index (κ2) is 7.79. The van der Waals surface area contributed by atoms with Gasteiger partial charge in [0.15, 0.2) is 4.96 Å². The summed E-state index contributed by atoms with van der Waals surface area (Å²) in [4.78, 5) is 32.1. The number of aryl methyl sites for hydroxylation is 2. The zero-order valence-electron chi connectivity index (χ0n) is 17.3. The van der Waals surface area contributed by atoms with Crippen molar-refractivity contribution < 1.29 is 14.3 Å². The molecule has 0 aliphatic carbocycles. The lowest BCUT2D eigenvalue weighted by atomic mass is 10.1. The van der Waals surface area contributed by atoms with E-state index in [1.807, 2.05) is 44.2 Å². The number of imidazole rings is 1. The molecule has 0 bridgehead atoms. The molecule has 31 heavy (non-hydrogen) atoms. The van der Waals surface area contributed by atoms with Gasteiger partial charge >= 0.3 is 6.09 Å². The minimum Gasteiger partial charge on any atom is -0.410 e. The molecular weight excluding hydrogens is 414 g/mol. The molecule has 1 aliphatic rings. The van der Waals surface area contributed by atoms with Gasteiger partial charge in [0.1, 0.15) is 5.75 Å². The number of thiazole rings is 1. The van der Waals surface area contributed by atoms with Crippen LogP contribution in [0.1, 0.15) is 16.7 Å². The Hall–Kier alpha value is -3.23. The molecule has 2 aromatic carbocycles. The van der Waals surface area contributed by atoms with Gasteiger partial charge in [-0.05, 0) is 60.9 Å². The Kier molecular flexibility index (Phi) is 4.95. The van der Waals surface area contributed by atoms with Gasteiger partial charge in [0.25, 0.3) is 5.56 Å². The smallest absolute Gasteiger partial charge is 0.410 e. The molecule has 0 radical (unpaired) electrons. The predicted octanol–water partition coefficient (Wildman–Crippen LogP) is 2.90. The van der Waals surface area contributed by atoms with Gasteiger partial charge in [-0.15, -0.1) is 0 Å². The molecule has 0 spiro atoms. The lowest BCUT2D eigenvalue weighted by Gasteiger charge is -2.25. The van der Waals surface area contributed by atoms with Crippen LogP contribution >= 0.6 is 11.3 Å². The molecule has 7 nitrogen and oxygen atoms in total. The summed E-state index contributed by atoms with van der Waals surface area (Å²) in [6.45, 7) is 6.20. The van der Waals surface area contributed by atoms with Crippen molar-refractivity contribution in [2.24, 2.45) is 0 Å². The first kappa shape index (κ1) is 19.7. The number of amides is 1. The third-order valence-electron chi connectivity index (χ3n) is 5.51. The first-order valence-electron chi connectivity index (χ1n) is 10.1. The highest BCUT2D eigenvalue weighted by atomic mass is 32.1. The summed E-state index contributed by atoms with van der Waals surface area (Å²) in [7, 11) is 0. The van der Waals surface area contributed by atoms with E-state index in [0.717, 1.165) is 27.7 Å². The maximum Gasteiger partial charge on any atom is 0.415 e. The summed E-state index contributed by atoms with van der Waals surface area (Å²) in [5.41, 5.74) is 4.74. The van der Waals surface area contributed by atoms with E-state index >= 15 is 0 Å². The number of rotatable bonds is 2. The van der Waals surface area contributed by atoms with E-state index in [1.54, 1.807) is 21.4 Å². The molecule has 4 aromatic rings. The molecule has 0 N–H and O–H groups in total. The molecule has 1 amide bonds. The number of carbonyl (C=O) groups excluding carboxylic acids is 1.